The number of rotatable bonds is 8. The minimum atomic E-state index is -4.77. The Morgan fingerprint density at radius 2 is 1.83 bits per heavy atom. The number of alkyl halides is 3. The average molecular weight is 370 g/mol. The van der Waals surface area contributed by atoms with E-state index in [9.17, 15) is 36.5 Å². The summed E-state index contributed by atoms with van der Waals surface area (Å²) in [7, 11) is -4.32. The number of nitrogens with zero attached hydrogens (tertiary/aromatic N) is 1. The van der Waals surface area contributed by atoms with Gasteiger partial charge in [0.05, 0.1) is 15.7 Å². The number of nitrogens with one attached hydrogen (secondary N) is 1. The summed E-state index contributed by atoms with van der Waals surface area (Å²) in [5.74, 6) is -3.59. The number of non-ortho nitro benzene ring substituents is 1. The molecule has 0 amide bonds. The number of nitro groups is 1. The maximum absolute atomic E-state index is 12.8. The summed E-state index contributed by atoms with van der Waals surface area (Å²) in [5.41, 5.74) is -0.372. The highest BCUT2D eigenvalue weighted by molar-refractivity contribution is 7.89. The van der Waals surface area contributed by atoms with Crippen LogP contribution in [0.15, 0.2) is 29.2 Å². The molecule has 134 valence electrons. The minimum absolute atomic E-state index is 0.372. The summed E-state index contributed by atoms with van der Waals surface area (Å²) in [6.07, 6.45) is -6.31. The molecule has 0 heterocycles. The number of sulfonamides is 1. The summed E-state index contributed by atoms with van der Waals surface area (Å²) in [5, 5.41) is 18.9. The highest BCUT2D eigenvalue weighted by Crippen LogP contribution is 2.29. The minimum Gasteiger partial charge on any atom is -0.481 e. The van der Waals surface area contributed by atoms with E-state index in [1.165, 1.54) is 0 Å². The van der Waals surface area contributed by atoms with E-state index in [-0.39, 0.29) is 5.69 Å². The number of carboxylic acids is 1. The third-order valence-corrected chi connectivity index (χ3v) is 4.49. The maximum Gasteiger partial charge on any atom is 0.393 e. The highest BCUT2D eigenvalue weighted by Gasteiger charge is 2.40. The Morgan fingerprint density at radius 3 is 2.25 bits per heavy atom. The zero-order valence-electron chi connectivity index (χ0n) is 12.0. The molecule has 12 heteroatoms. The molecular formula is C12H13F3N2O6S. The number of aliphatic carboxylic acids is 1. The van der Waals surface area contributed by atoms with Crippen LogP contribution >= 0.6 is 0 Å². The van der Waals surface area contributed by atoms with Crippen LogP contribution in [0.5, 0.6) is 0 Å². The van der Waals surface area contributed by atoms with Gasteiger partial charge in [0.25, 0.3) is 5.69 Å². The molecule has 0 aliphatic carbocycles. The average Bonchev–Trinajstić information content (AvgIpc) is 2.45. The Bertz CT molecular complexity index is 702. The van der Waals surface area contributed by atoms with Crippen LogP contribution in [0, 0.1) is 16.0 Å². The van der Waals surface area contributed by atoms with Crippen molar-refractivity contribution >= 4 is 21.7 Å². The van der Waals surface area contributed by atoms with Gasteiger partial charge < -0.3 is 5.11 Å². The summed E-state index contributed by atoms with van der Waals surface area (Å²) >= 11 is 0. The number of carbonyl (C=O) groups is 1. The molecule has 24 heavy (non-hydrogen) atoms. The van der Waals surface area contributed by atoms with Crippen molar-refractivity contribution in [1.82, 2.24) is 4.72 Å². The van der Waals surface area contributed by atoms with Crippen LogP contribution < -0.4 is 4.72 Å². The second kappa shape index (κ2) is 7.57. The molecule has 0 bridgehead atoms. The Morgan fingerprint density at radius 1 is 1.29 bits per heavy atom. The molecule has 0 spiro atoms. The van der Waals surface area contributed by atoms with Gasteiger partial charge in [-0.15, -0.1) is 0 Å². The van der Waals surface area contributed by atoms with Crippen LogP contribution in [0.4, 0.5) is 18.9 Å². The fourth-order valence-electron chi connectivity index (χ4n) is 1.72. The van der Waals surface area contributed by atoms with Crippen molar-refractivity contribution in [2.45, 2.75) is 23.9 Å². The van der Waals surface area contributed by atoms with E-state index in [4.69, 9.17) is 5.11 Å². The topological polar surface area (TPSA) is 127 Å². The van der Waals surface area contributed by atoms with Gasteiger partial charge in [-0.3, -0.25) is 14.9 Å². The molecule has 0 fully saturated rings. The van der Waals surface area contributed by atoms with Crippen molar-refractivity contribution in [3.63, 3.8) is 0 Å². The lowest BCUT2D eigenvalue weighted by molar-refractivity contribution is -0.384. The van der Waals surface area contributed by atoms with E-state index < -0.39 is 57.3 Å². The predicted molar refractivity (Wildman–Crippen MR) is 74.7 cm³/mol. The van der Waals surface area contributed by atoms with Crippen molar-refractivity contribution < 1.29 is 36.4 Å². The number of benzene rings is 1. The first-order valence-corrected chi connectivity index (χ1v) is 7.94. The van der Waals surface area contributed by atoms with E-state index in [0.717, 1.165) is 24.3 Å². The summed E-state index contributed by atoms with van der Waals surface area (Å²) in [6.45, 7) is -1.03. The van der Waals surface area contributed by atoms with Crippen molar-refractivity contribution in [2.75, 3.05) is 6.54 Å². The first kappa shape index (κ1) is 19.8. The number of hydrogen-bond donors (Lipinski definition) is 2. The maximum atomic E-state index is 12.8. The molecule has 1 atom stereocenters. The highest BCUT2D eigenvalue weighted by atomic mass is 32.2. The summed E-state index contributed by atoms with van der Waals surface area (Å²) < 4.78 is 63.9. The molecule has 1 unspecified atom stereocenters. The van der Waals surface area contributed by atoms with Crippen LogP contribution in [-0.4, -0.2) is 37.1 Å². The molecule has 0 saturated heterocycles. The number of hydrogen-bond acceptors (Lipinski definition) is 5. The first-order valence-electron chi connectivity index (χ1n) is 6.46. The SMILES string of the molecule is O=C(O)CCC(CNS(=O)(=O)c1ccc([N+](=O)[O-])cc1)C(F)(F)F. The van der Waals surface area contributed by atoms with E-state index >= 15 is 0 Å². The summed E-state index contributed by atoms with van der Waals surface area (Å²) in [4.78, 5) is 19.7. The number of halogens is 3. The Balaban J connectivity index is 2.84. The van der Waals surface area contributed by atoms with Crippen molar-refractivity contribution in [3.8, 4) is 0 Å². The zero-order chi connectivity index (χ0) is 18.5. The molecule has 1 aromatic carbocycles. The lowest BCUT2D eigenvalue weighted by Crippen LogP contribution is -2.36. The largest absolute Gasteiger partial charge is 0.481 e. The lowest BCUT2D eigenvalue weighted by atomic mass is 10.0. The Labute approximate surface area is 134 Å². The standard InChI is InChI=1S/C12H13F3N2O6S/c13-12(14,15)8(1-6-11(18)19)7-16-24(22,23)10-4-2-9(3-5-10)17(20)21/h2-5,8,16H,1,6-7H2,(H,18,19). The van der Waals surface area contributed by atoms with Crippen LogP contribution in [0.2, 0.25) is 0 Å². The fourth-order valence-corrected chi connectivity index (χ4v) is 2.80. The summed E-state index contributed by atoms with van der Waals surface area (Å²) in [6, 6.07) is 3.58. The molecule has 0 aromatic heterocycles. The van der Waals surface area contributed by atoms with Gasteiger partial charge in [-0.25, -0.2) is 13.1 Å². The van der Waals surface area contributed by atoms with Crippen molar-refractivity contribution in [1.29, 1.82) is 0 Å². The zero-order valence-corrected chi connectivity index (χ0v) is 12.8. The van der Waals surface area contributed by atoms with Crippen LogP contribution in [0.3, 0.4) is 0 Å². The second-order valence-electron chi connectivity index (χ2n) is 4.77. The Hall–Kier alpha value is -2.21. The fraction of sp³-hybridized carbons (Fsp3) is 0.417. The van der Waals surface area contributed by atoms with E-state index in [0.29, 0.717) is 0 Å². The first-order chi connectivity index (χ1) is 10.9. The molecule has 8 nitrogen and oxygen atoms in total. The van der Waals surface area contributed by atoms with Gasteiger partial charge in [0.1, 0.15) is 0 Å². The van der Waals surface area contributed by atoms with E-state index in [2.05, 4.69) is 0 Å². The van der Waals surface area contributed by atoms with Crippen LogP contribution in [-0.2, 0) is 14.8 Å². The third kappa shape index (κ3) is 5.77. The molecule has 2 N–H and O–H groups in total. The van der Waals surface area contributed by atoms with Gasteiger partial charge in [-0.2, -0.15) is 13.2 Å². The second-order valence-corrected chi connectivity index (χ2v) is 6.54. The van der Waals surface area contributed by atoms with Gasteiger partial charge >= 0.3 is 12.1 Å². The van der Waals surface area contributed by atoms with E-state index in [1.807, 2.05) is 0 Å². The Kier molecular flexibility index (Phi) is 6.26. The normalized spacial score (nSPS) is 13.5. The van der Waals surface area contributed by atoms with Crippen molar-refractivity contribution in [2.24, 2.45) is 5.92 Å². The smallest absolute Gasteiger partial charge is 0.393 e. The van der Waals surface area contributed by atoms with Gasteiger partial charge in [0.2, 0.25) is 10.0 Å². The molecule has 0 aliphatic heterocycles. The molecule has 1 rings (SSSR count). The van der Waals surface area contributed by atoms with E-state index in [1.54, 1.807) is 4.72 Å². The third-order valence-electron chi connectivity index (χ3n) is 3.05. The van der Waals surface area contributed by atoms with Crippen LogP contribution in [0.25, 0.3) is 0 Å². The predicted octanol–water partition coefficient (Wildman–Crippen LogP) is 1.92. The molecule has 1 aromatic rings. The van der Waals surface area contributed by atoms with Crippen LogP contribution in [0.1, 0.15) is 12.8 Å². The quantitative estimate of drug-likeness (QED) is 0.532. The molecule has 0 saturated carbocycles. The monoisotopic (exact) mass is 370 g/mol. The van der Waals surface area contributed by atoms with Gasteiger partial charge in [0.15, 0.2) is 0 Å². The van der Waals surface area contributed by atoms with Crippen molar-refractivity contribution in [3.05, 3.63) is 34.4 Å². The lowest BCUT2D eigenvalue weighted by Gasteiger charge is -2.20. The number of carboxylic acid groups (broad SMARTS) is 1. The molecular weight excluding hydrogens is 357 g/mol. The van der Waals surface area contributed by atoms with Gasteiger partial charge in [0, 0.05) is 25.1 Å². The number of nitro benzene ring substituents is 1. The van der Waals surface area contributed by atoms with Gasteiger partial charge in [-0.1, -0.05) is 0 Å². The molecule has 0 radical (unpaired) electrons. The van der Waals surface area contributed by atoms with Gasteiger partial charge in [-0.05, 0) is 18.6 Å². The molecule has 0 aliphatic rings.